The van der Waals surface area contributed by atoms with Gasteiger partial charge in [0.15, 0.2) is 0 Å². The highest BCUT2D eigenvalue weighted by Crippen LogP contribution is 2.19. The molecule has 2 nitrogen and oxygen atoms in total. The maximum atomic E-state index is 3.66. The van der Waals surface area contributed by atoms with E-state index >= 15 is 0 Å². The van der Waals surface area contributed by atoms with Crippen molar-refractivity contribution < 1.29 is 5.48 Å². The van der Waals surface area contributed by atoms with Crippen LogP contribution in [0.5, 0.6) is 0 Å². The molecule has 0 spiro atoms. The van der Waals surface area contributed by atoms with Gasteiger partial charge in [-0.05, 0) is 33.6 Å². The Morgan fingerprint density at radius 2 is 1.50 bits per heavy atom. The molecule has 2 heteroatoms. The molecule has 0 atom stereocenters. The van der Waals surface area contributed by atoms with Crippen molar-refractivity contribution >= 4 is 0 Å². The van der Waals surface area contributed by atoms with Crippen molar-refractivity contribution in [1.82, 2.24) is 5.32 Å². The fourth-order valence-corrected chi connectivity index (χ4v) is 1.86. The Balaban J connectivity index is 0.00000121. The van der Waals surface area contributed by atoms with Crippen molar-refractivity contribution in [3.63, 3.8) is 0 Å². The quantitative estimate of drug-likeness (QED) is 0.646. The number of hydrogen-bond donors (Lipinski definition) is 1. The molecule has 0 aliphatic heterocycles. The molecular weight excluding hydrogens is 150 g/mol. The zero-order valence-corrected chi connectivity index (χ0v) is 8.61. The molecule has 0 saturated heterocycles. The summed E-state index contributed by atoms with van der Waals surface area (Å²) in [7, 11) is 0. The summed E-state index contributed by atoms with van der Waals surface area (Å²) in [5, 5.41) is 3.66. The van der Waals surface area contributed by atoms with Crippen LogP contribution in [0.4, 0.5) is 0 Å². The predicted octanol–water partition coefficient (Wildman–Crippen LogP) is 1.88. The van der Waals surface area contributed by atoms with Crippen LogP contribution in [-0.2, 0) is 0 Å². The largest absolute Gasteiger partial charge is 0.412 e. The molecule has 0 radical (unpaired) electrons. The Labute approximate surface area is 76.0 Å². The van der Waals surface area contributed by atoms with E-state index in [2.05, 4.69) is 26.1 Å². The van der Waals surface area contributed by atoms with E-state index < -0.39 is 0 Å². The standard InChI is InChI=1S/C10H21N.H2O/c1-10(2,3)11-9-7-5-4-6-8-9;/h9,11H,4-8H2,1-3H3;1H2. The molecule has 0 bridgehead atoms. The first-order chi connectivity index (χ1) is 5.08. The number of rotatable bonds is 1. The van der Waals surface area contributed by atoms with Gasteiger partial charge < -0.3 is 10.8 Å². The van der Waals surface area contributed by atoms with E-state index in [-0.39, 0.29) is 5.48 Å². The lowest BCUT2D eigenvalue weighted by Gasteiger charge is -2.31. The SMILES string of the molecule is CC(C)(C)NC1CCCCC1.O. The molecule has 1 saturated carbocycles. The van der Waals surface area contributed by atoms with Crippen molar-refractivity contribution in [2.75, 3.05) is 0 Å². The summed E-state index contributed by atoms with van der Waals surface area (Å²) < 4.78 is 0. The monoisotopic (exact) mass is 173 g/mol. The van der Waals surface area contributed by atoms with E-state index in [9.17, 15) is 0 Å². The average Bonchev–Trinajstić information content (AvgIpc) is 1.85. The van der Waals surface area contributed by atoms with Crippen LogP contribution in [-0.4, -0.2) is 17.1 Å². The summed E-state index contributed by atoms with van der Waals surface area (Å²) in [6.07, 6.45) is 7.07. The summed E-state index contributed by atoms with van der Waals surface area (Å²) in [6, 6.07) is 0.795. The Morgan fingerprint density at radius 3 is 1.92 bits per heavy atom. The smallest absolute Gasteiger partial charge is 0.00990 e. The molecule has 12 heavy (non-hydrogen) atoms. The summed E-state index contributed by atoms with van der Waals surface area (Å²) >= 11 is 0. The third-order valence-electron chi connectivity index (χ3n) is 2.24. The van der Waals surface area contributed by atoms with Crippen LogP contribution in [0.15, 0.2) is 0 Å². The first-order valence-corrected chi connectivity index (χ1v) is 4.86. The first kappa shape index (κ1) is 11.9. The fourth-order valence-electron chi connectivity index (χ4n) is 1.86. The second-order valence-corrected chi connectivity index (χ2v) is 4.73. The highest BCUT2D eigenvalue weighted by atomic mass is 16.0. The summed E-state index contributed by atoms with van der Waals surface area (Å²) in [5.41, 5.74) is 0.308. The van der Waals surface area contributed by atoms with Crippen LogP contribution >= 0.6 is 0 Å². The second kappa shape index (κ2) is 4.83. The van der Waals surface area contributed by atoms with Gasteiger partial charge in [-0.2, -0.15) is 0 Å². The molecule has 0 aromatic carbocycles. The van der Waals surface area contributed by atoms with E-state index in [1.54, 1.807) is 0 Å². The van der Waals surface area contributed by atoms with Gasteiger partial charge in [-0.1, -0.05) is 19.3 Å². The van der Waals surface area contributed by atoms with Gasteiger partial charge in [0.2, 0.25) is 0 Å². The van der Waals surface area contributed by atoms with Gasteiger partial charge in [0.1, 0.15) is 0 Å². The minimum absolute atomic E-state index is 0. The second-order valence-electron chi connectivity index (χ2n) is 4.73. The van der Waals surface area contributed by atoms with Gasteiger partial charge in [-0.25, -0.2) is 0 Å². The normalized spacial score (nSPS) is 20.2. The molecule has 1 fully saturated rings. The zero-order valence-electron chi connectivity index (χ0n) is 8.61. The van der Waals surface area contributed by atoms with E-state index in [1.807, 2.05) is 0 Å². The number of hydrogen-bond acceptors (Lipinski definition) is 1. The van der Waals surface area contributed by atoms with Crippen LogP contribution in [0, 0.1) is 0 Å². The third-order valence-corrected chi connectivity index (χ3v) is 2.24. The zero-order chi connectivity index (χ0) is 8.32. The van der Waals surface area contributed by atoms with Gasteiger partial charge in [-0.3, -0.25) is 0 Å². The van der Waals surface area contributed by atoms with Gasteiger partial charge in [0, 0.05) is 11.6 Å². The van der Waals surface area contributed by atoms with Crippen LogP contribution in [0.2, 0.25) is 0 Å². The average molecular weight is 173 g/mol. The minimum atomic E-state index is 0. The van der Waals surface area contributed by atoms with Crippen LogP contribution in [0.1, 0.15) is 52.9 Å². The van der Waals surface area contributed by atoms with Crippen molar-refractivity contribution in [2.45, 2.75) is 64.5 Å². The Hall–Kier alpha value is -0.0800. The van der Waals surface area contributed by atoms with Gasteiger partial charge >= 0.3 is 0 Å². The lowest BCUT2D eigenvalue weighted by atomic mass is 9.93. The molecule has 1 aliphatic rings. The predicted molar refractivity (Wildman–Crippen MR) is 53.4 cm³/mol. The molecule has 0 aromatic heterocycles. The molecular formula is C10H23NO. The van der Waals surface area contributed by atoms with Crippen LogP contribution < -0.4 is 5.32 Å². The molecule has 1 rings (SSSR count). The maximum absolute atomic E-state index is 3.66. The van der Waals surface area contributed by atoms with Gasteiger partial charge in [-0.15, -0.1) is 0 Å². The maximum Gasteiger partial charge on any atom is 0.00990 e. The van der Waals surface area contributed by atoms with E-state index in [4.69, 9.17) is 0 Å². The van der Waals surface area contributed by atoms with E-state index in [0.717, 1.165) is 6.04 Å². The molecule has 0 amide bonds. The first-order valence-electron chi connectivity index (χ1n) is 4.86. The van der Waals surface area contributed by atoms with Crippen molar-refractivity contribution in [1.29, 1.82) is 0 Å². The molecule has 3 N–H and O–H groups in total. The Bertz CT molecular complexity index is 111. The highest BCUT2D eigenvalue weighted by molar-refractivity contribution is 4.79. The van der Waals surface area contributed by atoms with Crippen molar-refractivity contribution in [3.05, 3.63) is 0 Å². The summed E-state index contributed by atoms with van der Waals surface area (Å²) in [6.45, 7) is 6.75. The molecule has 74 valence electrons. The van der Waals surface area contributed by atoms with Crippen LogP contribution in [0.25, 0.3) is 0 Å². The minimum Gasteiger partial charge on any atom is -0.412 e. The highest BCUT2D eigenvalue weighted by Gasteiger charge is 2.18. The fraction of sp³-hybridized carbons (Fsp3) is 1.00. The molecule has 1 aliphatic carbocycles. The van der Waals surface area contributed by atoms with Gasteiger partial charge in [0.25, 0.3) is 0 Å². The van der Waals surface area contributed by atoms with Crippen molar-refractivity contribution in [2.24, 2.45) is 0 Å². The third kappa shape index (κ3) is 4.73. The van der Waals surface area contributed by atoms with Gasteiger partial charge in [0.05, 0.1) is 0 Å². The Kier molecular flexibility index (Phi) is 4.80. The summed E-state index contributed by atoms with van der Waals surface area (Å²) in [5.74, 6) is 0. The molecule has 0 unspecified atom stereocenters. The van der Waals surface area contributed by atoms with Crippen LogP contribution in [0.3, 0.4) is 0 Å². The lowest BCUT2D eigenvalue weighted by Crippen LogP contribution is -2.44. The molecule has 0 heterocycles. The number of nitrogens with one attached hydrogen (secondary N) is 1. The topological polar surface area (TPSA) is 43.5 Å². The summed E-state index contributed by atoms with van der Waals surface area (Å²) in [4.78, 5) is 0. The molecule has 0 aromatic rings. The van der Waals surface area contributed by atoms with Crippen molar-refractivity contribution in [3.8, 4) is 0 Å². The Morgan fingerprint density at radius 1 is 1.00 bits per heavy atom. The lowest BCUT2D eigenvalue weighted by molar-refractivity contribution is 0.295. The van der Waals surface area contributed by atoms with E-state index in [0.29, 0.717) is 5.54 Å². The van der Waals surface area contributed by atoms with E-state index in [1.165, 1.54) is 32.1 Å².